The molecular weight excluding hydrogens is 376 g/mol. The molecule has 2 N–H and O–H groups in total. The second-order valence-electron chi connectivity index (χ2n) is 7.38. The summed E-state index contributed by atoms with van der Waals surface area (Å²) in [7, 11) is 0. The van der Waals surface area contributed by atoms with Crippen molar-refractivity contribution in [2.45, 2.75) is 27.2 Å². The minimum atomic E-state index is -0.108. The number of ether oxygens (including phenoxy) is 1. The summed E-state index contributed by atoms with van der Waals surface area (Å²) in [6.07, 6.45) is 0.762. The smallest absolute Gasteiger partial charge is 0.267 e. The average Bonchev–Trinajstić information content (AvgIpc) is 3.31. The van der Waals surface area contributed by atoms with Crippen molar-refractivity contribution in [3.05, 3.63) is 77.2 Å². The molecule has 4 aromatic rings. The van der Waals surface area contributed by atoms with E-state index in [1.165, 1.54) is 5.56 Å². The normalized spacial score (nSPS) is 11.0. The highest BCUT2D eigenvalue weighted by Crippen LogP contribution is 2.21. The maximum atomic E-state index is 12.5. The van der Waals surface area contributed by atoms with E-state index in [4.69, 9.17) is 4.74 Å². The molecule has 0 fully saturated rings. The number of amides is 1. The predicted octanol–water partition coefficient (Wildman–Crippen LogP) is 4.34. The molecule has 4 rings (SSSR count). The van der Waals surface area contributed by atoms with Crippen molar-refractivity contribution in [1.82, 2.24) is 20.1 Å². The molecule has 2 aromatic heterocycles. The first-order chi connectivity index (χ1) is 14.5. The molecule has 6 nitrogen and oxygen atoms in total. The standard InChI is InChI=1S/C24H26N4O2/c1-4-30-21-10-7-19-14-23(26-22(19)15-21)24(29)25-12-11-18-5-8-20(9-6-18)28-17(3)13-16(2)27-28/h5-10,13-15,26H,4,11-12H2,1-3H3,(H,25,29). The number of rotatable bonds is 7. The number of carbonyl (C=O) groups excluding carboxylic acids is 1. The van der Waals surface area contributed by atoms with Gasteiger partial charge in [0, 0.05) is 29.2 Å². The van der Waals surface area contributed by atoms with Crippen LogP contribution < -0.4 is 10.1 Å². The Morgan fingerprint density at radius 1 is 1.10 bits per heavy atom. The molecule has 0 saturated carbocycles. The molecule has 30 heavy (non-hydrogen) atoms. The molecule has 0 aliphatic carbocycles. The Bertz CT molecular complexity index is 1170. The first kappa shape index (κ1) is 19.8. The summed E-state index contributed by atoms with van der Waals surface area (Å²) in [5, 5.41) is 8.49. The van der Waals surface area contributed by atoms with E-state index in [0.29, 0.717) is 18.8 Å². The summed E-state index contributed by atoms with van der Waals surface area (Å²) in [5.74, 6) is 0.686. The molecule has 2 aromatic carbocycles. The van der Waals surface area contributed by atoms with Gasteiger partial charge in [0.25, 0.3) is 5.91 Å². The molecule has 0 aliphatic heterocycles. The monoisotopic (exact) mass is 402 g/mol. The number of aryl methyl sites for hydroxylation is 2. The molecule has 0 unspecified atom stereocenters. The number of aromatic amines is 1. The van der Waals surface area contributed by atoms with Crippen LogP contribution in [0.15, 0.2) is 54.6 Å². The third kappa shape index (κ3) is 4.22. The zero-order chi connectivity index (χ0) is 21.1. The SMILES string of the molecule is CCOc1ccc2cc(C(=O)NCCc3ccc(-n4nc(C)cc4C)cc3)[nH]c2c1. The van der Waals surface area contributed by atoms with Crippen LogP contribution in [0.2, 0.25) is 0 Å². The van der Waals surface area contributed by atoms with E-state index in [0.717, 1.165) is 40.1 Å². The molecule has 154 valence electrons. The van der Waals surface area contributed by atoms with Gasteiger partial charge in [-0.25, -0.2) is 4.68 Å². The Labute approximate surface area is 175 Å². The second-order valence-corrected chi connectivity index (χ2v) is 7.38. The van der Waals surface area contributed by atoms with E-state index < -0.39 is 0 Å². The van der Waals surface area contributed by atoms with E-state index in [1.807, 2.05) is 49.7 Å². The predicted molar refractivity (Wildman–Crippen MR) is 119 cm³/mol. The van der Waals surface area contributed by atoms with Crippen molar-refractivity contribution >= 4 is 16.8 Å². The van der Waals surface area contributed by atoms with Crippen molar-refractivity contribution in [2.24, 2.45) is 0 Å². The van der Waals surface area contributed by atoms with Crippen molar-refractivity contribution in [3.63, 3.8) is 0 Å². The minimum Gasteiger partial charge on any atom is -0.494 e. The molecule has 0 saturated heterocycles. The van der Waals surface area contributed by atoms with Gasteiger partial charge < -0.3 is 15.0 Å². The van der Waals surface area contributed by atoms with E-state index in [2.05, 4.69) is 45.7 Å². The summed E-state index contributed by atoms with van der Waals surface area (Å²) < 4.78 is 7.45. The Morgan fingerprint density at radius 2 is 1.90 bits per heavy atom. The van der Waals surface area contributed by atoms with Crippen LogP contribution >= 0.6 is 0 Å². The van der Waals surface area contributed by atoms with Gasteiger partial charge in [-0.2, -0.15) is 5.10 Å². The average molecular weight is 402 g/mol. The Morgan fingerprint density at radius 3 is 2.60 bits per heavy atom. The summed E-state index contributed by atoms with van der Waals surface area (Å²) in [4.78, 5) is 15.7. The highest BCUT2D eigenvalue weighted by Gasteiger charge is 2.10. The lowest BCUT2D eigenvalue weighted by molar-refractivity contribution is 0.0950. The molecule has 0 aliphatic rings. The summed E-state index contributed by atoms with van der Waals surface area (Å²) in [6, 6.07) is 18.0. The molecule has 0 atom stereocenters. The first-order valence-corrected chi connectivity index (χ1v) is 10.2. The van der Waals surface area contributed by atoms with Gasteiger partial charge in [0.1, 0.15) is 11.4 Å². The molecule has 1 amide bonds. The fourth-order valence-corrected chi connectivity index (χ4v) is 3.59. The van der Waals surface area contributed by atoms with Gasteiger partial charge in [-0.05, 0) is 69.2 Å². The first-order valence-electron chi connectivity index (χ1n) is 10.2. The number of nitrogens with one attached hydrogen (secondary N) is 2. The van der Waals surface area contributed by atoms with Crippen LogP contribution in [0.5, 0.6) is 5.75 Å². The number of nitrogens with zero attached hydrogens (tertiary/aromatic N) is 2. The minimum absolute atomic E-state index is 0.108. The lowest BCUT2D eigenvalue weighted by Crippen LogP contribution is -2.25. The number of hydrogen-bond donors (Lipinski definition) is 2. The van der Waals surface area contributed by atoms with Crippen LogP contribution in [0, 0.1) is 13.8 Å². The topological polar surface area (TPSA) is 71.9 Å². The highest BCUT2D eigenvalue weighted by molar-refractivity contribution is 5.98. The van der Waals surface area contributed by atoms with Crippen molar-refractivity contribution < 1.29 is 9.53 Å². The van der Waals surface area contributed by atoms with E-state index in [1.54, 1.807) is 0 Å². The lowest BCUT2D eigenvalue weighted by Gasteiger charge is -2.07. The Balaban J connectivity index is 1.35. The van der Waals surface area contributed by atoms with Gasteiger partial charge in [-0.15, -0.1) is 0 Å². The highest BCUT2D eigenvalue weighted by atomic mass is 16.5. The summed E-state index contributed by atoms with van der Waals surface area (Å²) in [6.45, 7) is 7.17. The van der Waals surface area contributed by atoms with Crippen molar-refractivity contribution in [3.8, 4) is 11.4 Å². The van der Waals surface area contributed by atoms with Gasteiger partial charge in [0.15, 0.2) is 0 Å². The molecule has 2 heterocycles. The van der Waals surface area contributed by atoms with Crippen LogP contribution in [-0.4, -0.2) is 33.8 Å². The van der Waals surface area contributed by atoms with Crippen LogP contribution in [0.25, 0.3) is 16.6 Å². The number of aromatic nitrogens is 3. The van der Waals surface area contributed by atoms with E-state index in [9.17, 15) is 4.79 Å². The summed E-state index contributed by atoms with van der Waals surface area (Å²) in [5.41, 5.74) is 5.77. The Hall–Kier alpha value is -3.54. The second kappa shape index (κ2) is 8.45. The van der Waals surface area contributed by atoms with Gasteiger partial charge in [-0.3, -0.25) is 4.79 Å². The van der Waals surface area contributed by atoms with E-state index >= 15 is 0 Å². The largest absolute Gasteiger partial charge is 0.494 e. The van der Waals surface area contributed by atoms with E-state index in [-0.39, 0.29) is 5.91 Å². The van der Waals surface area contributed by atoms with Gasteiger partial charge in [0.2, 0.25) is 0 Å². The number of H-pyrrole nitrogens is 1. The van der Waals surface area contributed by atoms with Gasteiger partial charge in [-0.1, -0.05) is 12.1 Å². The summed E-state index contributed by atoms with van der Waals surface area (Å²) >= 11 is 0. The zero-order valence-electron chi connectivity index (χ0n) is 17.5. The molecule has 0 bridgehead atoms. The van der Waals surface area contributed by atoms with Crippen LogP contribution in [0.1, 0.15) is 34.4 Å². The van der Waals surface area contributed by atoms with Gasteiger partial charge >= 0.3 is 0 Å². The fraction of sp³-hybridized carbons (Fsp3) is 0.250. The van der Waals surface area contributed by atoms with Crippen molar-refractivity contribution in [1.29, 1.82) is 0 Å². The number of benzene rings is 2. The fourth-order valence-electron chi connectivity index (χ4n) is 3.59. The lowest BCUT2D eigenvalue weighted by atomic mass is 10.1. The third-order valence-corrected chi connectivity index (χ3v) is 5.04. The third-order valence-electron chi connectivity index (χ3n) is 5.04. The van der Waals surface area contributed by atoms with Crippen LogP contribution in [0.4, 0.5) is 0 Å². The Kier molecular flexibility index (Phi) is 5.57. The maximum Gasteiger partial charge on any atom is 0.267 e. The zero-order valence-corrected chi connectivity index (χ0v) is 17.5. The van der Waals surface area contributed by atoms with Crippen LogP contribution in [-0.2, 0) is 6.42 Å². The van der Waals surface area contributed by atoms with Crippen LogP contribution in [0.3, 0.4) is 0 Å². The maximum absolute atomic E-state index is 12.5. The molecule has 0 radical (unpaired) electrons. The number of carbonyl (C=O) groups is 1. The molecule has 6 heteroatoms. The molecular formula is C24H26N4O2. The molecule has 0 spiro atoms. The van der Waals surface area contributed by atoms with Gasteiger partial charge in [0.05, 0.1) is 18.0 Å². The number of fused-ring (bicyclic) bond motifs is 1. The van der Waals surface area contributed by atoms with Crippen molar-refractivity contribution in [2.75, 3.05) is 13.2 Å². The quantitative estimate of drug-likeness (QED) is 0.483. The number of hydrogen-bond acceptors (Lipinski definition) is 3.